The first-order valence-corrected chi connectivity index (χ1v) is 15.7. The van der Waals surface area contributed by atoms with Crippen molar-refractivity contribution in [3.05, 3.63) is 0 Å². The van der Waals surface area contributed by atoms with Crippen molar-refractivity contribution < 1.29 is 33.9 Å². The Labute approximate surface area is 252 Å². The number of ketones is 1. The molecule has 0 bridgehead atoms. The summed E-state index contributed by atoms with van der Waals surface area (Å²) in [4.78, 5) is 77.4. The zero-order valence-electron chi connectivity index (χ0n) is 25.2. The zero-order chi connectivity index (χ0) is 31.7. The van der Waals surface area contributed by atoms with Crippen LogP contribution in [0.15, 0.2) is 0 Å². The van der Waals surface area contributed by atoms with E-state index in [1.807, 2.05) is 6.92 Å². The van der Waals surface area contributed by atoms with E-state index in [4.69, 9.17) is 11.5 Å². The summed E-state index contributed by atoms with van der Waals surface area (Å²) in [5, 5.41) is 16.8. The molecule has 0 radical (unpaired) electrons. The monoisotopic (exact) mass is 612 g/mol. The number of thioether (sulfide) groups is 1. The van der Waals surface area contributed by atoms with Gasteiger partial charge in [0.15, 0.2) is 0 Å². The predicted molar refractivity (Wildman–Crippen MR) is 159 cm³/mol. The number of urea groups is 1. The number of nitrogens with zero attached hydrogens (tertiary/aromatic N) is 1. The molecule has 8 N–H and O–H groups in total. The molecular weight excluding hydrogens is 564 g/mol. The fourth-order valence-corrected chi connectivity index (χ4v) is 6.68. The van der Waals surface area contributed by atoms with Crippen molar-refractivity contribution in [1.82, 2.24) is 20.9 Å². The van der Waals surface area contributed by atoms with Gasteiger partial charge in [0.1, 0.15) is 23.0 Å². The quantitative estimate of drug-likeness (QED) is 0.154. The van der Waals surface area contributed by atoms with Crippen LogP contribution in [0.5, 0.6) is 0 Å². The van der Waals surface area contributed by atoms with Gasteiger partial charge >= 0.3 is 12.0 Å². The highest BCUT2D eigenvalue weighted by Crippen LogP contribution is 2.34. The first kappa shape index (κ1) is 35.3. The highest BCUT2D eigenvalue weighted by Gasteiger charge is 2.45. The maximum atomic E-state index is 13.8. The van der Waals surface area contributed by atoms with Crippen LogP contribution in [0.2, 0.25) is 0 Å². The van der Waals surface area contributed by atoms with E-state index in [-0.39, 0.29) is 11.8 Å². The topological polar surface area (TPSA) is 214 Å². The summed E-state index contributed by atoms with van der Waals surface area (Å²) < 4.78 is 0. The highest BCUT2D eigenvalue weighted by molar-refractivity contribution is 8.01. The van der Waals surface area contributed by atoms with Crippen LogP contribution < -0.4 is 27.4 Å². The fourth-order valence-electron chi connectivity index (χ4n) is 5.27. The lowest BCUT2D eigenvalue weighted by atomic mass is 9.81. The maximum Gasteiger partial charge on any atom is 0.329 e. The summed E-state index contributed by atoms with van der Waals surface area (Å²) in [6.07, 6.45) is 6.52. The Hall–Kier alpha value is -2.87. The highest BCUT2D eigenvalue weighted by atomic mass is 32.2. The molecular formula is C28H48N6O7S. The third kappa shape index (κ3) is 9.32. The largest absolute Gasteiger partial charge is 0.480 e. The summed E-state index contributed by atoms with van der Waals surface area (Å²) in [5.74, 6) is -4.17. The van der Waals surface area contributed by atoms with E-state index in [2.05, 4.69) is 16.0 Å². The van der Waals surface area contributed by atoms with Gasteiger partial charge in [-0.3, -0.25) is 19.2 Å². The lowest BCUT2D eigenvalue weighted by Crippen LogP contribution is -2.63. The minimum Gasteiger partial charge on any atom is -0.480 e. The van der Waals surface area contributed by atoms with Gasteiger partial charge < -0.3 is 37.4 Å². The number of carboxylic acid groups (broad SMARTS) is 1. The second kappa shape index (κ2) is 15.6. The Morgan fingerprint density at radius 1 is 0.976 bits per heavy atom. The number of amides is 5. The van der Waals surface area contributed by atoms with Crippen LogP contribution in [0.1, 0.15) is 91.9 Å². The minimum atomic E-state index is -1.38. The number of aliphatic carboxylic acids is 1. The molecule has 0 aromatic carbocycles. The van der Waals surface area contributed by atoms with Gasteiger partial charge in [-0.15, -0.1) is 11.8 Å². The van der Waals surface area contributed by atoms with E-state index in [1.54, 1.807) is 20.8 Å². The Morgan fingerprint density at radius 2 is 1.57 bits per heavy atom. The van der Waals surface area contributed by atoms with Gasteiger partial charge in [0, 0.05) is 11.8 Å². The van der Waals surface area contributed by atoms with Crippen LogP contribution in [-0.4, -0.2) is 86.8 Å². The maximum absolute atomic E-state index is 13.8. The lowest BCUT2D eigenvalue weighted by Gasteiger charge is -2.38. The number of likely N-dealkylation sites (tertiary alicyclic amines) is 1. The van der Waals surface area contributed by atoms with Crippen LogP contribution in [-0.2, 0) is 24.0 Å². The van der Waals surface area contributed by atoms with E-state index < -0.39 is 63.9 Å². The number of Topliss-reactive ketones (excluding diaryl/α,β-unsaturated/α-hetero) is 1. The SMILES string of the molecule is CC(C)(C)C(NC(=O)NC1(C(=O)O)CCCCC1)C(=O)N1CCCC1C(=O)NC(SC1CCC1)C(=O)C(N)=O.CCN. The average Bonchev–Trinajstić information content (AvgIpc) is 3.38. The van der Waals surface area contributed by atoms with Crippen molar-refractivity contribution in [2.24, 2.45) is 16.9 Å². The van der Waals surface area contributed by atoms with Gasteiger partial charge in [-0.2, -0.15) is 0 Å². The van der Waals surface area contributed by atoms with Gasteiger partial charge in [0.05, 0.1) is 0 Å². The molecule has 2 saturated carbocycles. The second-order valence-corrected chi connectivity index (χ2v) is 13.7. The van der Waals surface area contributed by atoms with Crippen molar-refractivity contribution >= 4 is 47.3 Å². The van der Waals surface area contributed by atoms with Crippen molar-refractivity contribution in [3.63, 3.8) is 0 Å². The molecule has 5 amide bonds. The van der Waals surface area contributed by atoms with Crippen LogP contribution in [0.3, 0.4) is 0 Å². The van der Waals surface area contributed by atoms with Gasteiger partial charge in [-0.05, 0) is 50.5 Å². The van der Waals surface area contributed by atoms with E-state index in [0.29, 0.717) is 38.5 Å². The molecule has 0 spiro atoms. The van der Waals surface area contributed by atoms with Crippen LogP contribution in [0.4, 0.5) is 4.79 Å². The molecule has 0 aromatic heterocycles. The van der Waals surface area contributed by atoms with E-state index in [0.717, 1.165) is 32.2 Å². The Kier molecular flexibility index (Phi) is 13.1. The predicted octanol–water partition coefficient (Wildman–Crippen LogP) is 1.23. The Balaban J connectivity index is 0.00000197. The van der Waals surface area contributed by atoms with E-state index >= 15 is 0 Å². The zero-order valence-corrected chi connectivity index (χ0v) is 26.0. The first-order valence-electron chi connectivity index (χ1n) is 14.8. The van der Waals surface area contributed by atoms with Gasteiger partial charge in [0.25, 0.3) is 11.7 Å². The normalized spacial score (nSPS) is 21.5. The molecule has 0 aromatic rings. The summed E-state index contributed by atoms with van der Waals surface area (Å²) in [5.41, 5.74) is 7.91. The Morgan fingerprint density at radius 3 is 2.05 bits per heavy atom. The van der Waals surface area contributed by atoms with E-state index in [1.165, 1.54) is 16.7 Å². The summed E-state index contributed by atoms with van der Waals surface area (Å²) in [6.45, 7) is 8.23. The number of carbonyl (C=O) groups excluding carboxylic acids is 5. The number of nitrogens with two attached hydrogens (primary N) is 2. The molecule has 1 aliphatic heterocycles. The number of hydrogen-bond donors (Lipinski definition) is 6. The van der Waals surface area contributed by atoms with Crippen molar-refractivity contribution in [2.45, 2.75) is 120 Å². The third-order valence-electron chi connectivity index (χ3n) is 7.83. The standard InChI is InChI=1S/C26H41N5O7S.C2H7N/c1-25(2,3)18(28-24(38)30-26(23(36)37)12-5-4-6-13-26)22(35)31-14-8-11-16(31)20(34)29-21(17(32)19(27)33)39-15-9-7-10-15;1-2-3/h15-16,18,21H,4-14H2,1-3H3,(H2,27,33)(H,29,34)(H,36,37)(H2,28,30,38);2-3H2,1H3. The van der Waals surface area contributed by atoms with Crippen molar-refractivity contribution in [2.75, 3.05) is 13.1 Å². The number of hydrogen-bond acceptors (Lipinski definition) is 8. The number of carbonyl (C=O) groups is 6. The number of primary amides is 1. The molecule has 2 aliphatic carbocycles. The van der Waals surface area contributed by atoms with Gasteiger partial charge in [0.2, 0.25) is 11.8 Å². The Bertz CT molecular complexity index is 1010. The third-order valence-corrected chi connectivity index (χ3v) is 9.29. The smallest absolute Gasteiger partial charge is 0.329 e. The van der Waals surface area contributed by atoms with Crippen molar-refractivity contribution in [1.29, 1.82) is 0 Å². The van der Waals surface area contributed by atoms with Crippen molar-refractivity contribution in [3.8, 4) is 0 Å². The molecule has 13 nitrogen and oxygen atoms in total. The fraction of sp³-hybridized carbons (Fsp3) is 0.786. The first-order chi connectivity index (χ1) is 19.7. The summed E-state index contributed by atoms with van der Waals surface area (Å²) in [7, 11) is 0. The molecule has 238 valence electrons. The average molecular weight is 613 g/mol. The summed E-state index contributed by atoms with van der Waals surface area (Å²) in [6, 6.07) is -2.69. The molecule has 42 heavy (non-hydrogen) atoms. The molecule has 1 heterocycles. The molecule has 3 rings (SSSR count). The van der Waals surface area contributed by atoms with Crippen LogP contribution in [0, 0.1) is 5.41 Å². The van der Waals surface area contributed by atoms with Gasteiger partial charge in [-0.25, -0.2) is 9.59 Å². The molecule has 1 saturated heterocycles. The van der Waals surface area contributed by atoms with Gasteiger partial charge in [-0.1, -0.05) is 53.4 Å². The molecule has 3 fully saturated rings. The number of nitrogens with one attached hydrogen (secondary N) is 3. The van der Waals surface area contributed by atoms with E-state index in [9.17, 15) is 33.9 Å². The molecule has 3 aliphatic rings. The van der Waals surface area contributed by atoms with Crippen LogP contribution >= 0.6 is 11.8 Å². The minimum absolute atomic E-state index is 0.145. The van der Waals surface area contributed by atoms with Crippen LogP contribution in [0.25, 0.3) is 0 Å². The summed E-state index contributed by atoms with van der Waals surface area (Å²) >= 11 is 1.20. The lowest BCUT2D eigenvalue weighted by molar-refractivity contribution is -0.145. The molecule has 3 unspecified atom stereocenters. The number of carboxylic acids is 1. The molecule has 3 atom stereocenters. The molecule has 14 heteroatoms. The number of rotatable bonds is 10. The second-order valence-electron chi connectivity index (χ2n) is 12.2.